The number of carbonyl (C=O) groups excluding carboxylic acids is 2. The molecular weight excluding hydrogens is 572 g/mol. The lowest BCUT2D eigenvalue weighted by molar-refractivity contribution is -0.117. The van der Waals surface area contributed by atoms with Gasteiger partial charge in [0.1, 0.15) is 0 Å². The molecule has 42 heavy (non-hydrogen) atoms. The molecule has 4 aromatic carbocycles. The van der Waals surface area contributed by atoms with Gasteiger partial charge in [-0.15, -0.1) is 0 Å². The van der Waals surface area contributed by atoms with E-state index in [1.54, 1.807) is 72.8 Å². The predicted molar refractivity (Wildman–Crippen MR) is 156 cm³/mol. The lowest BCUT2D eigenvalue weighted by Crippen LogP contribution is -2.21. The Hall–Kier alpha value is -4.80. The van der Waals surface area contributed by atoms with Crippen LogP contribution in [-0.2, 0) is 29.3 Å². The summed E-state index contributed by atoms with van der Waals surface area (Å²) in [6.07, 6.45) is 0. The Labute approximate surface area is 243 Å². The van der Waals surface area contributed by atoms with Crippen LogP contribution in [0.2, 0.25) is 0 Å². The third kappa shape index (κ3) is 4.54. The van der Waals surface area contributed by atoms with Crippen LogP contribution in [0.15, 0.2) is 128 Å². The van der Waals surface area contributed by atoms with E-state index >= 15 is 0 Å². The van der Waals surface area contributed by atoms with Crippen molar-refractivity contribution >= 4 is 42.9 Å². The minimum atomic E-state index is -3.75. The molecule has 0 saturated carbocycles. The van der Waals surface area contributed by atoms with Gasteiger partial charge in [0.05, 0.1) is 42.1 Å². The van der Waals surface area contributed by atoms with Crippen LogP contribution in [0.1, 0.15) is 22.3 Å². The van der Waals surface area contributed by atoms with Crippen LogP contribution < -0.4 is 10.6 Å². The van der Waals surface area contributed by atoms with Crippen LogP contribution in [0.4, 0.5) is 0 Å². The summed E-state index contributed by atoms with van der Waals surface area (Å²) in [5.41, 5.74) is 3.62. The third-order valence-corrected chi connectivity index (χ3v) is 10.8. The molecule has 2 aliphatic heterocycles. The van der Waals surface area contributed by atoms with Crippen molar-refractivity contribution < 1.29 is 26.4 Å². The molecule has 0 aliphatic carbocycles. The first kappa shape index (κ1) is 27.4. The maximum atomic E-state index is 13.1. The minimum Gasteiger partial charge on any atom is -0.321 e. The highest BCUT2D eigenvalue weighted by molar-refractivity contribution is 7.91. The lowest BCUT2D eigenvalue weighted by Gasteiger charge is -2.10. The summed E-state index contributed by atoms with van der Waals surface area (Å²) in [4.78, 5) is 26.6. The van der Waals surface area contributed by atoms with Crippen molar-refractivity contribution in [2.24, 2.45) is 0 Å². The van der Waals surface area contributed by atoms with Gasteiger partial charge in [0.15, 0.2) is 0 Å². The van der Waals surface area contributed by atoms with Crippen molar-refractivity contribution in [1.29, 1.82) is 0 Å². The molecule has 0 bridgehead atoms. The number of aryl methyl sites for hydroxylation is 2. The molecule has 2 amide bonds. The van der Waals surface area contributed by atoms with Crippen molar-refractivity contribution in [2.45, 2.75) is 33.4 Å². The van der Waals surface area contributed by atoms with Crippen LogP contribution in [0.3, 0.4) is 0 Å². The fourth-order valence-corrected chi connectivity index (χ4v) is 7.44. The lowest BCUT2D eigenvalue weighted by atomic mass is 10.0. The maximum Gasteiger partial charge on any atom is 0.258 e. The van der Waals surface area contributed by atoms with E-state index in [4.69, 9.17) is 0 Å². The summed E-state index contributed by atoms with van der Waals surface area (Å²) in [6.45, 7) is 3.74. The fraction of sp³-hybridized carbons (Fsp3) is 0.0625. The van der Waals surface area contributed by atoms with Gasteiger partial charge in [-0.1, -0.05) is 59.7 Å². The van der Waals surface area contributed by atoms with Gasteiger partial charge in [0, 0.05) is 0 Å². The van der Waals surface area contributed by atoms with Crippen molar-refractivity contribution in [3.8, 4) is 0 Å². The van der Waals surface area contributed by atoms with E-state index in [-0.39, 0.29) is 42.1 Å². The van der Waals surface area contributed by atoms with Gasteiger partial charge in [-0.05, 0) is 73.5 Å². The molecule has 0 spiro atoms. The summed E-state index contributed by atoms with van der Waals surface area (Å²) < 4.78 is 52.2. The second-order valence-electron chi connectivity index (χ2n) is 10.1. The van der Waals surface area contributed by atoms with E-state index < -0.39 is 31.5 Å². The zero-order valence-electron chi connectivity index (χ0n) is 22.5. The number of nitrogens with one attached hydrogen (secondary N) is 2. The highest BCUT2D eigenvalue weighted by Crippen LogP contribution is 2.38. The van der Waals surface area contributed by atoms with E-state index in [9.17, 15) is 26.4 Å². The molecule has 4 aromatic rings. The summed E-state index contributed by atoms with van der Waals surface area (Å²) in [5, 5.41) is 5.47. The Bertz CT molecular complexity index is 1910. The van der Waals surface area contributed by atoms with Crippen LogP contribution >= 0.6 is 0 Å². The maximum absolute atomic E-state index is 13.1. The second kappa shape index (κ2) is 9.93. The van der Waals surface area contributed by atoms with Gasteiger partial charge in [0.25, 0.3) is 11.8 Å². The van der Waals surface area contributed by atoms with Gasteiger partial charge in [-0.2, -0.15) is 0 Å². The Kier molecular flexibility index (Phi) is 6.47. The minimum absolute atomic E-state index is 0.0815. The second-order valence-corrected chi connectivity index (χ2v) is 14.0. The van der Waals surface area contributed by atoms with Crippen molar-refractivity contribution in [3.63, 3.8) is 0 Å². The fourth-order valence-electron chi connectivity index (χ4n) is 4.92. The van der Waals surface area contributed by atoms with E-state index in [1.165, 1.54) is 24.3 Å². The molecule has 2 N–H and O–H groups in total. The highest BCUT2D eigenvalue weighted by atomic mass is 32.2. The van der Waals surface area contributed by atoms with Crippen molar-refractivity contribution in [2.75, 3.05) is 0 Å². The number of amides is 2. The van der Waals surface area contributed by atoms with Gasteiger partial charge in [0.2, 0.25) is 19.7 Å². The molecule has 2 heterocycles. The van der Waals surface area contributed by atoms with E-state index in [1.807, 2.05) is 13.8 Å². The summed E-state index contributed by atoms with van der Waals surface area (Å²) in [6, 6.07) is 25.0. The Morgan fingerprint density at radius 2 is 0.690 bits per heavy atom. The molecule has 0 fully saturated rings. The van der Waals surface area contributed by atoms with Gasteiger partial charge >= 0.3 is 0 Å². The van der Waals surface area contributed by atoms with Crippen molar-refractivity contribution in [3.05, 3.63) is 130 Å². The molecule has 0 unspecified atom stereocenters. The molecule has 0 radical (unpaired) electrons. The molecule has 0 aromatic heterocycles. The summed E-state index contributed by atoms with van der Waals surface area (Å²) >= 11 is 0. The van der Waals surface area contributed by atoms with Crippen LogP contribution in [0.25, 0.3) is 11.4 Å². The first-order valence-electron chi connectivity index (χ1n) is 12.9. The largest absolute Gasteiger partial charge is 0.321 e. The highest BCUT2D eigenvalue weighted by Gasteiger charge is 2.41. The number of hydrogen-bond acceptors (Lipinski definition) is 6. The first-order valence-corrected chi connectivity index (χ1v) is 15.9. The third-order valence-electron chi connectivity index (χ3n) is 7.25. The smallest absolute Gasteiger partial charge is 0.258 e. The van der Waals surface area contributed by atoms with E-state index in [0.29, 0.717) is 11.1 Å². The van der Waals surface area contributed by atoms with Gasteiger partial charge < -0.3 is 10.6 Å². The van der Waals surface area contributed by atoms with Crippen LogP contribution in [-0.4, -0.2) is 28.6 Å². The number of fused-ring (bicyclic) bond motifs is 1. The zero-order chi connectivity index (χ0) is 29.8. The van der Waals surface area contributed by atoms with Gasteiger partial charge in [-0.25, -0.2) is 16.8 Å². The quantitative estimate of drug-likeness (QED) is 0.341. The first-order chi connectivity index (χ1) is 20.0. The number of benzene rings is 4. The Morgan fingerprint density at radius 1 is 0.429 bits per heavy atom. The van der Waals surface area contributed by atoms with Crippen molar-refractivity contribution in [1.82, 2.24) is 10.6 Å². The number of carbonyl (C=O) groups is 2. The molecule has 8 nitrogen and oxygen atoms in total. The number of rotatable bonds is 6. The molecule has 2 aliphatic rings. The predicted octanol–water partition coefficient (Wildman–Crippen LogP) is 4.35. The Balaban J connectivity index is 1.33. The zero-order valence-corrected chi connectivity index (χ0v) is 24.1. The van der Waals surface area contributed by atoms with Crippen LogP contribution in [0.5, 0.6) is 0 Å². The molecule has 0 atom stereocenters. The standard InChI is InChI=1S/C32H24N2O6S2/c1-19-3-11-23(12-4-19)41(37,38)25-15-7-21(8-16-25)29-27-28(32(36)33-29)30(34-31(27)35)22-9-17-26(18-10-22)42(39,40)24-13-5-20(2)6-14-24/h3-18H,1-2H3,(H,33,36)(H,34,35). The molecule has 0 saturated heterocycles. The van der Waals surface area contributed by atoms with E-state index in [2.05, 4.69) is 10.6 Å². The molecular formula is C32H24N2O6S2. The normalized spacial score (nSPS) is 15.1. The van der Waals surface area contributed by atoms with E-state index in [0.717, 1.165) is 11.1 Å². The number of hydrogen-bond donors (Lipinski definition) is 2. The SMILES string of the molecule is Cc1ccc(S(=O)(=O)c2ccc(C3=C4C(=O)NC(c5ccc(S(=O)(=O)c6ccc(C)cc6)cc5)=C4C(=O)N3)cc2)cc1. The summed E-state index contributed by atoms with van der Waals surface area (Å²) in [5.74, 6) is -0.998. The molecule has 10 heteroatoms. The molecule has 6 rings (SSSR count). The van der Waals surface area contributed by atoms with Gasteiger partial charge in [-0.3, -0.25) is 9.59 Å². The average molecular weight is 597 g/mol. The Morgan fingerprint density at radius 3 is 0.976 bits per heavy atom. The number of sulfone groups is 2. The monoisotopic (exact) mass is 596 g/mol. The average Bonchev–Trinajstić information content (AvgIpc) is 3.51. The van der Waals surface area contributed by atoms with Crippen LogP contribution in [0, 0.1) is 13.8 Å². The topological polar surface area (TPSA) is 126 Å². The molecule has 210 valence electrons. The summed E-state index contributed by atoms with van der Waals surface area (Å²) in [7, 11) is -7.50.